The lowest BCUT2D eigenvalue weighted by atomic mass is 10.0. The second-order valence-electron chi connectivity index (χ2n) is 3.74. The minimum atomic E-state index is -4.12. The third-order valence-corrected chi connectivity index (χ3v) is 3.48. The SMILES string of the molecule is COP(=O)(O)Oc1ccc2c(C=O)c(O)ccc2c1. The van der Waals surface area contributed by atoms with Crippen LogP contribution in [-0.4, -0.2) is 23.4 Å². The Morgan fingerprint density at radius 3 is 2.63 bits per heavy atom. The molecule has 0 aliphatic heterocycles. The van der Waals surface area contributed by atoms with Crippen LogP contribution in [0.3, 0.4) is 0 Å². The lowest BCUT2D eigenvalue weighted by Gasteiger charge is -2.11. The summed E-state index contributed by atoms with van der Waals surface area (Å²) in [6.07, 6.45) is 0.546. The average molecular weight is 282 g/mol. The molecule has 2 aromatic rings. The van der Waals surface area contributed by atoms with Crippen molar-refractivity contribution in [2.75, 3.05) is 7.11 Å². The Morgan fingerprint density at radius 1 is 1.26 bits per heavy atom. The zero-order valence-corrected chi connectivity index (χ0v) is 10.8. The lowest BCUT2D eigenvalue weighted by Crippen LogP contribution is -1.94. The van der Waals surface area contributed by atoms with Gasteiger partial charge in [0.1, 0.15) is 11.5 Å². The van der Waals surface area contributed by atoms with E-state index in [4.69, 9.17) is 4.52 Å². The molecule has 0 aliphatic carbocycles. The Hall–Kier alpha value is -1.88. The fourth-order valence-electron chi connectivity index (χ4n) is 1.67. The van der Waals surface area contributed by atoms with Crippen molar-refractivity contribution in [3.8, 4) is 11.5 Å². The highest BCUT2D eigenvalue weighted by atomic mass is 31.2. The standard InChI is InChI=1S/C12H11O6P/c1-17-19(15,16)18-9-3-4-10-8(6-9)2-5-12(14)11(10)7-13/h2-7,14H,1H3,(H,15,16). The van der Waals surface area contributed by atoms with Crippen LogP contribution < -0.4 is 4.52 Å². The topological polar surface area (TPSA) is 93.1 Å². The molecule has 6 nitrogen and oxygen atoms in total. The maximum atomic E-state index is 11.3. The van der Waals surface area contributed by atoms with Gasteiger partial charge in [-0.25, -0.2) is 4.57 Å². The number of carbonyl (C=O) groups is 1. The molecule has 0 aromatic heterocycles. The second-order valence-corrected chi connectivity index (χ2v) is 5.23. The molecule has 1 unspecified atom stereocenters. The van der Waals surface area contributed by atoms with Gasteiger partial charge in [-0.15, -0.1) is 0 Å². The number of benzene rings is 2. The molecule has 0 saturated heterocycles. The highest BCUT2D eigenvalue weighted by molar-refractivity contribution is 7.47. The Morgan fingerprint density at radius 2 is 2.00 bits per heavy atom. The lowest BCUT2D eigenvalue weighted by molar-refractivity contribution is 0.112. The van der Waals surface area contributed by atoms with Gasteiger partial charge in [0.2, 0.25) is 0 Å². The van der Waals surface area contributed by atoms with E-state index in [9.17, 15) is 19.4 Å². The van der Waals surface area contributed by atoms with Crippen LogP contribution in [0.15, 0.2) is 30.3 Å². The summed E-state index contributed by atoms with van der Waals surface area (Å²) in [7, 11) is -3.06. The van der Waals surface area contributed by atoms with E-state index >= 15 is 0 Å². The van der Waals surface area contributed by atoms with Crippen LogP contribution in [0.25, 0.3) is 10.8 Å². The first-order valence-corrected chi connectivity index (χ1v) is 6.75. The number of aldehydes is 1. The smallest absolute Gasteiger partial charge is 0.507 e. The average Bonchev–Trinajstić information content (AvgIpc) is 2.38. The largest absolute Gasteiger partial charge is 0.527 e. The fourth-order valence-corrected chi connectivity index (χ4v) is 2.13. The number of phenols is 1. The zero-order valence-electron chi connectivity index (χ0n) is 9.94. The van der Waals surface area contributed by atoms with Crippen molar-refractivity contribution in [1.29, 1.82) is 0 Å². The van der Waals surface area contributed by atoms with Gasteiger partial charge in [0, 0.05) is 7.11 Å². The molecule has 0 fully saturated rings. The summed E-state index contributed by atoms with van der Waals surface area (Å²) in [5.41, 5.74) is 0.156. The van der Waals surface area contributed by atoms with Crippen molar-refractivity contribution in [1.82, 2.24) is 0 Å². The number of fused-ring (bicyclic) bond motifs is 1. The normalized spacial score (nSPS) is 14.0. The number of phosphoric acid groups is 1. The molecule has 0 spiro atoms. The molecule has 0 amide bonds. The molecule has 7 heteroatoms. The van der Waals surface area contributed by atoms with Crippen molar-refractivity contribution in [3.63, 3.8) is 0 Å². The minimum absolute atomic E-state index is 0.124. The summed E-state index contributed by atoms with van der Waals surface area (Å²) in [6, 6.07) is 7.34. The third-order valence-electron chi connectivity index (χ3n) is 2.58. The number of phenolic OH excluding ortho intramolecular Hbond substituents is 1. The number of aromatic hydroxyl groups is 1. The van der Waals surface area contributed by atoms with E-state index in [2.05, 4.69) is 4.52 Å². The molecule has 2 aromatic carbocycles. The Kier molecular flexibility index (Phi) is 3.57. The third kappa shape index (κ3) is 2.76. The highest BCUT2D eigenvalue weighted by Gasteiger charge is 2.20. The Balaban J connectivity index is 2.51. The van der Waals surface area contributed by atoms with Gasteiger partial charge in [0.05, 0.1) is 5.56 Å². The first-order valence-electron chi connectivity index (χ1n) is 5.26. The van der Waals surface area contributed by atoms with Crippen LogP contribution in [0.2, 0.25) is 0 Å². The van der Waals surface area contributed by atoms with Crippen molar-refractivity contribution >= 4 is 24.9 Å². The molecule has 19 heavy (non-hydrogen) atoms. The van der Waals surface area contributed by atoms with Gasteiger partial charge in [-0.3, -0.25) is 14.2 Å². The highest BCUT2D eigenvalue weighted by Crippen LogP contribution is 2.43. The quantitative estimate of drug-likeness (QED) is 0.661. The molecular formula is C12H11O6P. The van der Waals surface area contributed by atoms with Crippen LogP contribution in [0, 0.1) is 0 Å². The van der Waals surface area contributed by atoms with E-state index in [0.717, 1.165) is 7.11 Å². The van der Waals surface area contributed by atoms with Gasteiger partial charge >= 0.3 is 7.82 Å². The summed E-state index contributed by atoms with van der Waals surface area (Å²) >= 11 is 0. The van der Waals surface area contributed by atoms with Gasteiger partial charge < -0.3 is 9.63 Å². The number of hydrogen-bond donors (Lipinski definition) is 2. The molecule has 0 aliphatic rings. The van der Waals surface area contributed by atoms with E-state index in [-0.39, 0.29) is 17.1 Å². The zero-order chi connectivity index (χ0) is 14.0. The predicted molar refractivity (Wildman–Crippen MR) is 68.5 cm³/mol. The summed E-state index contributed by atoms with van der Waals surface area (Å²) in [4.78, 5) is 20.1. The van der Waals surface area contributed by atoms with Gasteiger partial charge in [-0.05, 0) is 35.0 Å². The summed E-state index contributed by atoms with van der Waals surface area (Å²) < 4.78 is 20.4. The number of phosphoric ester groups is 1. The van der Waals surface area contributed by atoms with Gasteiger partial charge in [0.15, 0.2) is 6.29 Å². The minimum Gasteiger partial charge on any atom is -0.507 e. The van der Waals surface area contributed by atoms with E-state index in [1.165, 1.54) is 24.3 Å². The van der Waals surface area contributed by atoms with Crippen LogP contribution in [-0.2, 0) is 9.09 Å². The molecule has 0 saturated carbocycles. The monoisotopic (exact) mass is 282 g/mol. The molecule has 0 radical (unpaired) electrons. The maximum absolute atomic E-state index is 11.3. The maximum Gasteiger partial charge on any atom is 0.527 e. The van der Waals surface area contributed by atoms with E-state index in [1.54, 1.807) is 6.07 Å². The van der Waals surface area contributed by atoms with Gasteiger partial charge in [0.25, 0.3) is 0 Å². The summed E-state index contributed by atoms with van der Waals surface area (Å²) in [5, 5.41) is 10.6. The molecule has 2 N–H and O–H groups in total. The summed E-state index contributed by atoms with van der Waals surface area (Å²) in [5.74, 6) is 0.00334. The number of hydrogen-bond acceptors (Lipinski definition) is 5. The molecule has 1 atom stereocenters. The van der Waals surface area contributed by atoms with Gasteiger partial charge in [-0.1, -0.05) is 6.07 Å². The van der Waals surface area contributed by atoms with Crippen LogP contribution in [0.1, 0.15) is 10.4 Å². The second kappa shape index (κ2) is 5.01. The van der Waals surface area contributed by atoms with Crippen LogP contribution >= 0.6 is 7.82 Å². The first-order chi connectivity index (χ1) is 8.96. The predicted octanol–water partition coefficient (Wildman–Crippen LogP) is 2.48. The van der Waals surface area contributed by atoms with Crippen molar-refractivity contribution in [3.05, 3.63) is 35.9 Å². The molecule has 0 bridgehead atoms. The van der Waals surface area contributed by atoms with Gasteiger partial charge in [-0.2, -0.15) is 0 Å². The number of carbonyl (C=O) groups excluding carboxylic acids is 1. The van der Waals surface area contributed by atoms with E-state index in [0.29, 0.717) is 17.1 Å². The molecule has 0 heterocycles. The van der Waals surface area contributed by atoms with E-state index in [1.807, 2.05) is 0 Å². The van der Waals surface area contributed by atoms with E-state index < -0.39 is 7.82 Å². The molecule has 2 rings (SSSR count). The Labute approximate surface area is 108 Å². The van der Waals surface area contributed by atoms with Crippen LogP contribution in [0.4, 0.5) is 0 Å². The van der Waals surface area contributed by atoms with Crippen molar-refractivity contribution in [2.45, 2.75) is 0 Å². The molecular weight excluding hydrogens is 271 g/mol. The summed E-state index contributed by atoms with van der Waals surface area (Å²) in [6.45, 7) is 0. The van der Waals surface area contributed by atoms with Crippen LogP contribution in [0.5, 0.6) is 11.5 Å². The Bertz CT molecular complexity index is 681. The fraction of sp³-hybridized carbons (Fsp3) is 0.0833. The van der Waals surface area contributed by atoms with Crippen molar-refractivity contribution in [2.24, 2.45) is 0 Å². The first kappa shape index (κ1) is 13.5. The number of rotatable bonds is 4. The molecule has 100 valence electrons. The van der Waals surface area contributed by atoms with Crippen molar-refractivity contribution < 1.29 is 28.4 Å².